The van der Waals surface area contributed by atoms with Crippen molar-refractivity contribution in [3.05, 3.63) is 29.8 Å². The minimum absolute atomic E-state index is 0. The average molecular weight is 224 g/mol. The maximum Gasteiger partial charge on any atom is 0.235 e. The van der Waals surface area contributed by atoms with Crippen molar-refractivity contribution < 1.29 is 4.79 Å². The van der Waals surface area contributed by atoms with Gasteiger partial charge in [-0.3, -0.25) is 4.79 Å². The molecule has 15 heavy (non-hydrogen) atoms. The second kappa shape index (κ2) is 3.53. The number of fused-ring (bicyclic) bond motifs is 2. The van der Waals surface area contributed by atoms with Crippen LogP contribution in [0.5, 0.6) is 0 Å². The maximum atomic E-state index is 11.9. The molecule has 1 fully saturated rings. The monoisotopic (exact) mass is 223 g/mol. The van der Waals surface area contributed by atoms with Crippen LogP contribution in [0.1, 0.15) is 31.2 Å². The second-order valence-corrected chi connectivity index (χ2v) is 4.29. The predicted octanol–water partition coefficient (Wildman–Crippen LogP) is 2.87. The molecule has 1 amide bonds. The normalized spacial score (nSPS) is 20.9. The molecule has 80 valence electrons. The van der Waals surface area contributed by atoms with E-state index in [1.807, 2.05) is 18.2 Å². The third-order valence-electron chi connectivity index (χ3n) is 3.58. The summed E-state index contributed by atoms with van der Waals surface area (Å²) in [6, 6.07) is 8.10. The number of halogens is 1. The largest absolute Gasteiger partial charge is 0.325 e. The van der Waals surface area contributed by atoms with E-state index in [9.17, 15) is 4.79 Å². The van der Waals surface area contributed by atoms with E-state index in [1.165, 1.54) is 18.4 Å². The number of hydrogen-bond donors (Lipinski definition) is 1. The van der Waals surface area contributed by atoms with Crippen molar-refractivity contribution in [2.75, 3.05) is 5.32 Å². The van der Waals surface area contributed by atoms with Crippen molar-refractivity contribution in [3.8, 4) is 0 Å². The van der Waals surface area contributed by atoms with Gasteiger partial charge in [-0.05, 0) is 24.5 Å². The van der Waals surface area contributed by atoms with Crippen LogP contribution >= 0.6 is 12.4 Å². The molecule has 0 bridgehead atoms. The molecule has 0 aromatic heterocycles. The van der Waals surface area contributed by atoms with Crippen LogP contribution in [0.3, 0.4) is 0 Å². The number of nitrogens with one attached hydrogen (secondary N) is 1. The van der Waals surface area contributed by atoms with E-state index in [4.69, 9.17) is 0 Å². The molecule has 2 nitrogen and oxygen atoms in total. The van der Waals surface area contributed by atoms with Gasteiger partial charge in [0.2, 0.25) is 5.91 Å². The lowest BCUT2D eigenvalue weighted by atomic mass is 9.80. The van der Waals surface area contributed by atoms with Gasteiger partial charge < -0.3 is 5.32 Å². The van der Waals surface area contributed by atoms with Crippen LogP contribution in [-0.4, -0.2) is 5.91 Å². The van der Waals surface area contributed by atoms with Crippen molar-refractivity contribution in [1.82, 2.24) is 0 Å². The zero-order valence-electron chi connectivity index (χ0n) is 8.45. The maximum absolute atomic E-state index is 11.9. The first kappa shape index (κ1) is 10.5. The predicted molar refractivity (Wildman–Crippen MR) is 62.5 cm³/mol. The van der Waals surface area contributed by atoms with Crippen molar-refractivity contribution in [3.63, 3.8) is 0 Å². The molecule has 3 heteroatoms. The van der Waals surface area contributed by atoms with E-state index < -0.39 is 0 Å². The Bertz CT molecular complexity index is 396. The Morgan fingerprint density at radius 2 is 1.80 bits per heavy atom. The van der Waals surface area contributed by atoms with Crippen LogP contribution in [0, 0.1) is 0 Å². The quantitative estimate of drug-likeness (QED) is 0.720. The lowest BCUT2D eigenvalue weighted by Crippen LogP contribution is -2.30. The fourth-order valence-electron chi connectivity index (χ4n) is 2.85. The lowest BCUT2D eigenvalue weighted by molar-refractivity contribution is -0.120. The van der Waals surface area contributed by atoms with Crippen molar-refractivity contribution >= 4 is 24.0 Å². The highest BCUT2D eigenvalue weighted by molar-refractivity contribution is 6.06. The zero-order chi connectivity index (χ0) is 9.60. The first-order chi connectivity index (χ1) is 6.83. The van der Waals surface area contributed by atoms with Gasteiger partial charge in [-0.15, -0.1) is 12.4 Å². The van der Waals surface area contributed by atoms with Gasteiger partial charge in [0, 0.05) is 5.69 Å². The van der Waals surface area contributed by atoms with Gasteiger partial charge in [-0.1, -0.05) is 31.0 Å². The summed E-state index contributed by atoms with van der Waals surface area (Å²) in [5.74, 6) is 0.219. The molecule has 1 aromatic carbocycles. The van der Waals surface area contributed by atoms with Gasteiger partial charge in [0.15, 0.2) is 0 Å². The third-order valence-corrected chi connectivity index (χ3v) is 3.58. The minimum atomic E-state index is -0.170. The van der Waals surface area contributed by atoms with Crippen molar-refractivity contribution in [1.29, 1.82) is 0 Å². The molecular weight excluding hydrogens is 210 g/mol. The second-order valence-electron chi connectivity index (χ2n) is 4.29. The van der Waals surface area contributed by atoms with E-state index >= 15 is 0 Å². The average Bonchev–Trinajstić information content (AvgIpc) is 2.77. The van der Waals surface area contributed by atoms with Crippen LogP contribution in [0.2, 0.25) is 0 Å². The Morgan fingerprint density at radius 1 is 1.13 bits per heavy atom. The van der Waals surface area contributed by atoms with Crippen LogP contribution in [-0.2, 0) is 10.2 Å². The standard InChI is InChI=1S/C12H13NO.ClH/c14-11-12(7-3-4-8-12)9-5-1-2-6-10(9)13-11;/h1-2,5-6H,3-4,7-8H2,(H,13,14);1H. The smallest absolute Gasteiger partial charge is 0.235 e. The number of rotatable bonds is 0. The number of carbonyl (C=O) groups excluding carboxylic acids is 1. The van der Waals surface area contributed by atoms with Gasteiger partial charge >= 0.3 is 0 Å². The van der Waals surface area contributed by atoms with Crippen LogP contribution < -0.4 is 5.32 Å². The molecular formula is C12H14ClNO. The minimum Gasteiger partial charge on any atom is -0.325 e. The summed E-state index contributed by atoms with van der Waals surface area (Å²) in [6.45, 7) is 0. The van der Waals surface area contributed by atoms with E-state index in [0.29, 0.717) is 0 Å². The molecule has 3 rings (SSSR count). The molecule has 1 aromatic rings. The van der Waals surface area contributed by atoms with E-state index in [-0.39, 0.29) is 23.7 Å². The Morgan fingerprint density at radius 3 is 2.53 bits per heavy atom. The number of carbonyl (C=O) groups is 1. The van der Waals surface area contributed by atoms with E-state index in [1.54, 1.807) is 0 Å². The van der Waals surface area contributed by atoms with Crippen LogP contribution in [0.15, 0.2) is 24.3 Å². The SMILES string of the molecule is Cl.O=C1Nc2ccccc2C12CCCC2. The molecule has 1 aliphatic carbocycles. The van der Waals surface area contributed by atoms with Crippen molar-refractivity contribution in [2.45, 2.75) is 31.1 Å². The summed E-state index contributed by atoms with van der Waals surface area (Å²) in [5, 5.41) is 2.99. The van der Waals surface area contributed by atoms with Crippen LogP contribution in [0.25, 0.3) is 0 Å². The van der Waals surface area contributed by atoms with E-state index in [0.717, 1.165) is 18.5 Å². The zero-order valence-corrected chi connectivity index (χ0v) is 9.27. The summed E-state index contributed by atoms with van der Waals surface area (Å²) in [6.07, 6.45) is 4.41. The van der Waals surface area contributed by atoms with Gasteiger partial charge in [0.25, 0.3) is 0 Å². The number of para-hydroxylation sites is 1. The molecule has 0 saturated heterocycles. The summed E-state index contributed by atoms with van der Waals surface area (Å²) >= 11 is 0. The molecule has 1 N–H and O–H groups in total. The summed E-state index contributed by atoms with van der Waals surface area (Å²) in [7, 11) is 0. The Kier molecular flexibility index (Phi) is 2.47. The summed E-state index contributed by atoms with van der Waals surface area (Å²) < 4.78 is 0. The summed E-state index contributed by atoms with van der Waals surface area (Å²) in [5.41, 5.74) is 2.08. The van der Waals surface area contributed by atoms with Gasteiger partial charge in [0.05, 0.1) is 5.41 Å². The van der Waals surface area contributed by atoms with Gasteiger partial charge in [-0.2, -0.15) is 0 Å². The molecule has 0 unspecified atom stereocenters. The Labute approximate surface area is 95.5 Å². The third kappa shape index (κ3) is 1.28. The highest BCUT2D eigenvalue weighted by Crippen LogP contribution is 2.48. The lowest BCUT2D eigenvalue weighted by Gasteiger charge is -2.20. The molecule has 1 heterocycles. The molecule has 1 saturated carbocycles. The number of hydrogen-bond acceptors (Lipinski definition) is 1. The number of amides is 1. The number of anilines is 1. The number of benzene rings is 1. The fraction of sp³-hybridized carbons (Fsp3) is 0.417. The first-order valence-corrected chi connectivity index (χ1v) is 5.24. The highest BCUT2D eigenvalue weighted by Gasteiger charge is 2.47. The Hall–Kier alpha value is -1.02. The summed E-state index contributed by atoms with van der Waals surface area (Å²) in [4.78, 5) is 11.9. The molecule has 1 aliphatic heterocycles. The Balaban J connectivity index is 0.000000853. The first-order valence-electron chi connectivity index (χ1n) is 5.24. The van der Waals surface area contributed by atoms with E-state index in [2.05, 4.69) is 11.4 Å². The van der Waals surface area contributed by atoms with Gasteiger partial charge in [-0.25, -0.2) is 0 Å². The highest BCUT2D eigenvalue weighted by atomic mass is 35.5. The molecule has 1 spiro atoms. The molecule has 0 atom stereocenters. The van der Waals surface area contributed by atoms with Gasteiger partial charge in [0.1, 0.15) is 0 Å². The topological polar surface area (TPSA) is 29.1 Å². The van der Waals surface area contributed by atoms with Crippen LogP contribution in [0.4, 0.5) is 5.69 Å². The molecule has 0 radical (unpaired) electrons. The van der Waals surface area contributed by atoms with Crippen molar-refractivity contribution in [2.24, 2.45) is 0 Å². The fourth-order valence-corrected chi connectivity index (χ4v) is 2.85. The molecule has 2 aliphatic rings.